The second kappa shape index (κ2) is 2.51. The van der Waals surface area contributed by atoms with Crippen LogP contribution < -0.4 is 0 Å². The molecule has 0 radical (unpaired) electrons. The predicted molar refractivity (Wildman–Crippen MR) is 38.0 cm³/mol. The molecule has 0 aromatic heterocycles. The highest BCUT2D eigenvalue weighted by atomic mass is 35.5. The smallest absolute Gasteiger partial charge is 0.236 e. The second-order valence-corrected chi connectivity index (χ2v) is 3.17. The third kappa shape index (κ3) is 0.956. The first-order chi connectivity index (χ1) is 4.59. The molecule has 1 rings (SSSR count). The van der Waals surface area contributed by atoms with Gasteiger partial charge >= 0.3 is 0 Å². The van der Waals surface area contributed by atoms with Crippen molar-refractivity contribution < 1.29 is 9.59 Å². The van der Waals surface area contributed by atoms with Crippen LogP contribution in [-0.4, -0.2) is 10.5 Å². The van der Waals surface area contributed by atoms with Crippen molar-refractivity contribution >= 4 is 33.7 Å². The number of rotatable bonds is 2. The molecule has 1 fully saturated rings. The summed E-state index contributed by atoms with van der Waals surface area (Å²) in [4.78, 5) is 21.3. The molecular weight excluding hydrogens is 175 g/mol. The normalized spacial score (nSPS) is 21.4. The summed E-state index contributed by atoms with van der Waals surface area (Å²) in [5, 5.41) is -1.22. The first kappa shape index (κ1) is 8.02. The van der Waals surface area contributed by atoms with Crippen LogP contribution in [0.5, 0.6) is 0 Å². The molecule has 1 aliphatic carbocycles. The molecule has 0 heterocycles. The van der Waals surface area contributed by atoms with E-state index in [-0.39, 0.29) is 0 Å². The fraction of sp³-hybridized carbons (Fsp3) is 0.667. The van der Waals surface area contributed by atoms with Crippen molar-refractivity contribution in [3.63, 3.8) is 0 Å². The molecular formula is C6H6Cl2O2. The van der Waals surface area contributed by atoms with Gasteiger partial charge in [0, 0.05) is 0 Å². The van der Waals surface area contributed by atoms with Gasteiger partial charge in [-0.05, 0) is 36.0 Å². The summed E-state index contributed by atoms with van der Waals surface area (Å²) >= 11 is 10.4. The van der Waals surface area contributed by atoms with Crippen molar-refractivity contribution in [3.8, 4) is 0 Å². The molecule has 10 heavy (non-hydrogen) atoms. The molecule has 0 aliphatic heterocycles. The van der Waals surface area contributed by atoms with Crippen LogP contribution in [0.15, 0.2) is 0 Å². The molecule has 0 unspecified atom stereocenters. The van der Waals surface area contributed by atoms with Crippen molar-refractivity contribution in [2.45, 2.75) is 19.3 Å². The summed E-state index contributed by atoms with van der Waals surface area (Å²) in [6, 6.07) is 0. The minimum absolute atomic E-state index is 0.512. The van der Waals surface area contributed by atoms with Gasteiger partial charge in [0.25, 0.3) is 0 Å². The molecule has 0 amide bonds. The number of hydrogen-bond donors (Lipinski definition) is 0. The molecule has 0 saturated heterocycles. The Bertz CT molecular complexity index is 168. The Morgan fingerprint density at radius 3 is 1.50 bits per heavy atom. The van der Waals surface area contributed by atoms with E-state index in [0.29, 0.717) is 12.8 Å². The molecule has 1 saturated carbocycles. The van der Waals surface area contributed by atoms with E-state index in [0.717, 1.165) is 6.42 Å². The minimum Gasteiger partial charge on any atom is -0.280 e. The maximum Gasteiger partial charge on any atom is 0.236 e. The lowest BCUT2D eigenvalue weighted by atomic mass is 9.71. The maximum absolute atomic E-state index is 10.6. The van der Waals surface area contributed by atoms with Gasteiger partial charge in [-0.25, -0.2) is 0 Å². The van der Waals surface area contributed by atoms with Crippen LogP contribution in [0.1, 0.15) is 19.3 Å². The summed E-state index contributed by atoms with van der Waals surface area (Å²) in [5.41, 5.74) is -1.02. The van der Waals surface area contributed by atoms with Gasteiger partial charge in [-0.2, -0.15) is 0 Å². The summed E-state index contributed by atoms with van der Waals surface area (Å²) in [7, 11) is 0. The van der Waals surface area contributed by atoms with Crippen LogP contribution in [-0.2, 0) is 9.59 Å². The average molecular weight is 181 g/mol. The van der Waals surface area contributed by atoms with Crippen molar-refractivity contribution in [1.29, 1.82) is 0 Å². The molecule has 0 N–H and O–H groups in total. The van der Waals surface area contributed by atoms with Gasteiger partial charge in [-0.15, -0.1) is 0 Å². The SMILES string of the molecule is O=C(Cl)C1(C(=O)Cl)CCC1. The van der Waals surface area contributed by atoms with Crippen LogP contribution in [0, 0.1) is 5.41 Å². The molecule has 4 heteroatoms. The van der Waals surface area contributed by atoms with Crippen LogP contribution in [0.3, 0.4) is 0 Å². The highest BCUT2D eigenvalue weighted by Gasteiger charge is 2.48. The van der Waals surface area contributed by atoms with E-state index >= 15 is 0 Å². The van der Waals surface area contributed by atoms with Gasteiger partial charge in [-0.3, -0.25) is 9.59 Å². The van der Waals surface area contributed by atoms with Gasteiger partial charge in [0.2, 0.25) is 10.5 Å². The summed E-state index contributed by atoms with van der Waals surface area (Å²) in [6.45, 7) is 0. The highest BCUT2D eigenvalue weighted by molar-refractivity contribution is 6.74. The van der Waals surface area contributed by atoms with E-state index in [1.165, 1.54) is 0 Å². The average Bonchev–Trinajstić information content (AvgIpc) is 1.57. The molecule has 56 valence electrons. The van der Waals surface area contributed by atoms with E-state index in [1.807, 2.05) is 0 Å². The minimum atomic E-state index is -1.02. The van der Waals surface area contributed by atoms with Crippen LogP contribution in [0.25, 0.3) is 0 Å². The van der Waals surface area contributed by atoms with Gasteiger partial charge in [-0.1, -0.05) is 6.42 Å². The summed E-state index contributed by atoms with van der Waals surface area (Å²) < 4.78 is 0. The first-order valence-corrected chi connectivity index (χ1v) is 3.75. The fourth-order valence-corrected chi connectivity index (χ4v) is 1.60. The molecule has 1 aliphatic rings. The topological polar surface area (TPSA) is 34.1 Å². The Morgan fingerprint density at radius 1 is 1.10 bits per heavy atom. The van der Waals surface area contributed by atoms with Gasteiger partial charge < -0.3 is 0 Å². The van der Waals surface area contributed by atoms with Crippen LogP contribution >= 0.6 is 23.2 Å². The molecule has 0 spiro atoms. The quantitative estimate of drug-likeness (QED) is 0.479. The van der Waals surface area contributed by atoms with Crippen molar-refractivity contribution in [3.05, 3.63) is 0 Å². The molecule has 0 aromatic rings. The van der Waals surface area contributed by atoms with E-state index in [9.17, 15) is 9.59 Å². The van der Waals surface area contributed by atoms with Gasteiger partial charge in [0.1, 0.15) is 5.41 Å². The van der Waals surface area contributed by atoms with E-state index in [1.54, 1.807) is 0 Å². The van der Waals surface area contributed by atoms with Crippen molar-refractivity contribution in [1.82, 2.24) is 0 Å². The zero-order valence-corrected chi connectivity index (χ0v) is 6.71. The lowest BCUT2D eigenvalue weighted by Gasteiger charge is -2.33. The van der Waals surface area contributed by atoms with Gasteiger partial charge in [0.05, 0.1) is 0 Å². The predicted octanol–water partition coefficient (Wildman–Crippen LogP) is 1.69. The zero-order chi connectivity index (χ0) is 7.78. The third-order valence-electron chi connectivity index (χ3n) is 1.96. The zero-order valence-electron chi connectivity index (χ0n) is 5.19. The summed E-state index contributed by atoms with van der Waals surface area (Å²) in [6.07, 6.45) is 1.88. The number of halogens is 2. The van der Waals surface area contributed by atoms with E-state index < -0.39 is 15.9 Å². The third-order valence-corrected chi connectivity index (χ3v) is 2.68. The van der Waals surface area contributed by atoms with Crippen LogP contribution in [0.2, 0.25) is 0 Å². The van der Waals surface area contributed by atoms with Crippen molar-refractivity contribution in [2.24, 2.45) is 5.41 Å². The lowest BCUT2D eigenvalue weighted by molar-refractivity contribution is -0.136. The number of carbonyl (C=O) groups excluding carboxylic acids is 2. The fourth-order valence-electron chi connectivity index (χ4n) is 1.00. The van der Waals surface area contributed by atoms with Crippen LogP contribution in [0.4, 0.5) is 0 Å². The van der Waals surface area contributed by atoms with Crippen molar-refractivity contribution in [2.75, 3.05) is 0 Å². The first-order valence-electron chi connectivity index (χ1n) is 2.99. The Hall–Kier alpha value is -0.0800. The number of hydrogen-bond acceptors (Lipinski definition) is 2. The number of carbonyl (C=O) groups is 2. The Morgan fingerprint density at radius 2 is 1.50 bits per heavy atom. The monoisotopic (exact) mass is 180 g/mol. The molecule has 2 nitrogen and oxygen atoms in total. The highest BCUT2D eigenvalue weighted by Crippen LogP contribution is 2.44. The van der Waals surface area contributed by atoms with E-state index in [2.05, 4.69) is 0 Å². The lowest BCUT2D eigenvalue weighted by Crippen LogP contribution is -2.40. The maximum atomic E-state index is 10.6. The van der Waals surface area contributed by atoms with Gasteiger partial charge in [0.15, 0.2) is 0 Å². The molecule has 0 bridgehead atoms. The Kier molecular flexibility index (Phi) is 2.02. The standard InChI is InChI=1S/C6H6Cl2O2/c7-4(9)6(5(8)10)2-1-3-6/h1-3H2. The largest absolute Gasteiger partial charge is 0.280 e. The van der Waals surface area contributed by atoms with E-state index in [4.69, 9.17) is 23.2 Å². The Balaban J connectivity index is 2.78. The Labute approximate surface area is 68.5 Å². The summed E-state index contributed by atoms with van der Waals surface area (Å²) in [5.74, 6) is 0. The molecule has 0 aromatic carbocycles. The molecule has 0 atom stereocenters. The second-order valence-electron chi connectivity index (χ2n) is 2.48.